The van der Waals surface area contributed by atoms with Crippen molar-refractivity contribution in [3.05, 3.63) is 35.5 Å². The number of aromatic amines is 1. The van der Waals surface area contributed by atoms with Crippen LogP contribution in [0, 0.1) is 0 Å². The number of phenols is 1. The third kappa shape index (κ3) is 5.28. The summed E-state index contributed by atoms with van der Waals surface area (Å²) >= 11 is 0. The monoisotopic (exact) mass is 416 g/mol. The van der Waals surface area contributed by atoms with Crippen LogP contribution in [-0.4, -0.2) is 52.3 Å². The number of nitrogens with zero attached hydrogens (tertiary/aromatic N) is 1. The molecule has 1 aromatic carbocycles. The smallest absolute Gasteiger partial charge is 0.407 e. The van der Waals surface area contributed by atoms with Gasteiger partial charge in [-0.1, -0.05) is 6.07 Å². The maximum Gasteiger partial charge on any atom is 0.407 e. The summed E-state index contributed by atoms with van der Waals surface area (Å²) < 4.78 is 10.6. The SMILES string of the molecule is CC(C)NC(=O)OC1CC(c2cc(NC(=O)COc3cccc(O)c3C=O)n[nH]2)C1. The number of benzene rings is 1. The molecule has 0 atom stereocenters. The number of carbonyl (C=O) groups is 3. The Morgan fingerprint density at radius 3 is 2.83 bits per heavy atom. The summed E-state index contributed by atoms with van der Waals surface area (Å²) in [5.41, 5.74) is 0.822. The molecule has 160 valence electrons. The summed E-state index contributed by atoms with van der Waals surface area (Å²) in [5, 5.41) is 21.8. The second-order valence-electron chi connectivity index (χ2n) is 7.35. The molecule has 0 bridgehead atoms. The number of aldehydes is 1. The molecular formula is C20H24N4O6. The van der Waals surface area contributed by atoms with Crippen molar-refractivity contribution in [1.29, 1.82) is 0 Å². The number of hydrogen-bond acceptors (Lipinski definition) is 7. The molecule has 0 saturated heterocycles. The lowest BCUT2D eigenvalue weighted by Crippen LogP contribution is -2.38. The zero-order chi connectivity index (χ0) is 21.7. The number of phenolic OH excluding ortho intramolecular Hbond substituents is 1. The molecule has 10 nitrogen and oxygen atoms in total. The summed E-state index contributed by atoms with van der Waals surface area (Å²) in [5.74, 6) is -0.0617. The largest absolute Gasteiger partial charge is 0.507 e. The van der Waals surface area contributed by atoms with Crippen molar-refractivity contribution in [2.75, 3.05) is 11.9 Å². The maximum atomic E-state index is 12.1. The van der Waals surface area contributed by atoms with Gasteiger partial charge in [-0.3, -0.25) is 14.7 Å². The summed E-state index contributed by atoms with van der Waals surface area (Å²) in [6, 6.07) is 6.10. The number of anilines is 1. The topological polar surface area (TPSA) is 143 Å². The summed E-state index contributed by atoms with van der Waals surface area (Å²) in [7, 11) is 0. The van der Waals surface area contributed by atoms with Gasteiger partial charge in [-0.15, -0.1) is 0 Å². The van der Waals surface area contributed by atoms with Gasteiger partial charge in [-0.05, 0) is 38.8 Å². The van der Waals surface area contributed by atoms with Gasteiger partial charge >= 0.3 is 6.09 Å². The van der Waals surface area contributed by atoms with Crippen LogP contribution in [0.3, 0.4) is 0 Å². The second kappa shape index (κ2) is 9.29. The van der Waals surface area contributed by atoms with Crippen LogP contribution >= 0.6 is 0 Å². The third-order valence-electron chi connectivity index (χ3n) is 4.60. The standard InChI is InChI=1S/C20H24N4O6/c1-11(2)21-20(28)30-13-6-12(7-13)15-8-18(24-23-15)22-19(27)10-29-17-5-3-4-16(26)14(17)9-25/h3-5,8-9,11-13,26H,6-7,10H2,1-2H3,(H,21,28)(H2,22,23,24,27). The molecule has 1 aliphatic carbocycles. The molecule has 10 heteroatoms. The van der Waals surface area contributed by atoms with Gasteiger partial charge in [0.2, 0.25) is 0 Å². The van der Waals surface area contributed by atoms with Crippen LogP contribution < -0.4 is 15.4 Å². The fraction of sp³-hybridized carbons (Fsp3) is 0.400. The number of H-pyrrole nitrogens is 1. The zero-order valence-electron chi connectivity index (χ0n) is 16.7. The zero-order valence-corrected chi connectivity index (χ0v) is 16.7. The van der Waals surface area contributed by atoms with Gasteiger partial charge < -0.3 is 25.2 Å². The second-order valence-corrected chi connectivity index (χ2v) is 7.35. The molecule has 0 aliphatic heterocycles. The highest BCUT2D eigenvalue weighted by atomic mass is 16.6. The number of ether oxygens (including phenoxy) is 2. The first-order valence-corrected chi connectivity index (χ1v) is 9.58. The number of rotatable bonds is 8. The minimum atomic E-state index is -0.464. The van der Waals surface area contributed by atoms with Gasteiger partial charge in [-0.2, -0.15) is 5.10 Å². The molecule has 1 aromatic heterocycles. The van der Waals surface area contributed by atoms with Gasteiger partial charge in [0, 0.05) is 23.7 Å². The Labute approximate surface area is 172 Å². The molecule has 4 N–H and O–H groups in total. The molecule has 2 aromatic rings. The first kappa shape index (κ1) is 21.2. The fourth-order valence-electron chi connectivity index (χ4n) is 3.05. The normalized spacial score (nSPS) is 17.7. The Kier molecular flexibility index (Phi) is 6.55. The maximum absolute atomic E-state index is 12.1. The van der Waals surface area contributed by atoms with Gasteiger partial charge in [0.05, 0.1) is 5.56 Å². The number of carbonyl (C=O) groups excluding carboxylic acids is 3. The van der Waals surface area contributed by atoms with Gasteiger partial charge in [0.15, 0.2) is 18.7 Å². The van der Waals surface area contributed by atoms with Crippen molar-refractivity contribution in [1.82, 2.24) is 15.5 Å². The van der Waals surface area contributed by atoms with Crippen LogP contribution in [0.15, 0.2) is 24.3 Å². The minimum absolute atomic E-state index is 0.0174. The number of aromatic nitrogens is 2. The van der Waals surface area contributed by atoms with E-state index in [4.69, 9.17) is 9.47 Å². The van der Waals surface area contributed by atoms with Crippen molar-refractivity contribution < 1.29 is 29.0 Å². The van der Waals surface area contributed by atoms with E-state index >= 15 is 0 Å². The van der Waals surface area contributed by atoms with Crippen LogP contribution in [0.1, 0.15) is 48.7 Å². The highest BCUT2D eigenvalue weighted by Crippen LogP contribution is 2.38. The first-order valence-electron chi connectivity index (χ1n) is 9.58. The number of nitrogens with one attached hydrogen (secondary N) is 3. The number of amides is 2. The van der Waals surface area contributed by atoms with E-state index in [1.807, 2.05) is 13.8 Å². The molecule has 0 radical (unpaired) electrons. The van der Waals surface area contributed by atoms with E-state index in [1.54, 1.807) is 6.07 Å². The molecule has 1 aliphatic rings. The highest BCUT2D eigenvalue weighted by Gasteiger charge is 2.34. The fourth-order valence-corrected chi connectivity index (χ4v) is 3.05. The lowest BCUT2D eigenvalue weighted by Gasteiger charge is -2.33. The lowest BCUT2D eigenvalue weighted by molar-refractivity contribution is -0.118. The molecule has 1 saturated carbocycles. The van der Waals surface area contributed by atoms with Crippen LogP contribution in [0.5, 0.6) is 11.5 Å². The van der Waals surface area contributed by atoms with Crippen molar-refractivity contribution in [2.24, 2.45) is 0 Å². The van der Waals surface area contributed by atoms with E-state index in [9.17, 15) is 19.5 Å². The van der Waals surface area contributed by atoms with E-state index in [0.29, 0.717) is 24.9 Å². The van der Waals surface area contributed by atoms with E-state index in [0.717, 1.165) is 5.69 Å². The Morgan fingerprint density at radius 2 is 2.13 bits per heavy atom. The van der Waals surface area contributed by atoms with Crippen LogP contribution in [0.25, 0.3) is 0 Å². The quantitative estimate of drug-likeness (QED) is 0.484. The van der Waals surface area contributed by atoms with Crippen LogP contribution in [-0.2, 0) is 9.53 Å². The Bertz CT molecular complexity index is 920. The average Bonchev–Trinajstić information content (AvgIpc) is 3.09. The average molecular weight is 416 g/mol. The molecule has 1 heterocycles. The van der Waals surface area contributed by atoms with Crippen molar-refractivity contribution >= 4 is 24.1 Å². The molecule has 3 rings (SSSR count). The molecular weight excluding hydrogens is 392 g/mol. The van der Waals surface area contributed by atoms with Gasteiger partial charge in [0.1, 0.15) is 17.6 Å². The van der Waals surface area contributed by atoms with Gasteiger partial charge in [-0.25, -0.2) is 4.79 Å². The van der Waals surface area contributed by atoms with Crippen molar-refractivity contribution in [3.8, 4) is 11.5 Å². The lowest BCUT2D eigenvalue weighted by atomic mass is 9.80. The molecule has 0 spiro atoms. The van der Waals surface area contributed by atoms with E-state index < -0.39 is 12.0 Å². The minimum Gasteiger partial charge on any atom is -0.507 e. The Hall–Kier alpha value is -3.56. The van der Waals surface area contributed by atoms with Crippen molar-refractivity contribution in [3.63, 3.8) is 0 Å². The number of hydrogen-bond donors (Lipinski definition) is 4. The van der Waals surface area contributed by atoms with Crippen LogP contribution in [0.2, 0.25) is 0 Å². The molecule has 2 amide bonds. The Morgan fingerprint density at radius 1 is 1.37 bits per heavy atom. The highest BCUT2D eigenvalue weighted by molar-refractivity contribution is 5.91. The summed E-state index contributed by atoms with van der Waals surface area (Å²) in [6.45, 7) is 3.37. The first-order chi connectivity index (χ1) is 14.4. The third-order valence-corrected chi connectivity index (χ3v) is 4.60. The van der Waals surface area contributed by atoms with Crippen LogP contribution in [0.4, 0.5) is 10.6 Å². The van der Waals surface area contributed by atoms with Crippen molar-refractivity contribution in [2.45, 2.75) is 44.8 Å². The van der Waals surface area contributed by atoms with E-state index in [1.165, 1.54) is 18.2 Å². The Balaban J connectivity index is 1.45. The summed E-state index contributed by atoms with van der Waals surface area (Å²) in [4.78, 5) is 34.7. The van der Waals surface area contributed by atoms with E-state index in [2.05, 4.69) is 20.8 Å². The summed E-state index contributed by atoms with van der Waals surface area (Å²) in [6.07, 6.45) is 1.25. The molecule has 1 fully saturated rings. The predicted octanol–water partition coefficient (Wildman–Crippen LogP) is 2.33. The molecule has 0 unspecified atom stereocenters. The number of aromatic hydroxyl groups is 1. The number of alkyl carbamates (subject to hydrolysis) is 1. The van der Waals surface area contributed by atoms with E-state index in [-0.39, 0.29) is 41.7 Å². The predicted molar refractivity (Wildman–Crippen MR) is 107 cm³/mol. The molecule has 30 heavy (non-hydrogen) atoms. The van der Waals surface area contributed by atoms with Gasteiger partial charge in [0.25, 0.3) is 5.91 Å².